The number of para-hydroxylation sites is 1. The van der Waals surface area contributed by atoms with Crippen molar-refractivity contribution in [1.82, 2.24) is 24.5 Å². The summed E-state index contributed by atoms with van der Waals surface area (Å²) in [7, 11) is 0. The molecule has 3 heterocycles. The summed E-state index contributed by atoms with van der Waals surface area (Å²) in [5, 5.41) is 13.5. The molecular weight excluding hydrogens is 470 g/mol. The molecule has 0 amide bonds. The van der Waals surface area contributed by atoms with E-state index in [0.717, 1.165) is 27.6 Å². The first kappa shape index (κ1) is 25.8. The van der Waals surface area contributed by atoms with Crippen LogP contribution in [0.4, 0.5) is 0 Å². The van der Waals surface area contributed by atoms with Crippen LogP contribution < -0.4 is 0 Å². The van der Waals surface area contributed by atoms with Crippen LogP contribution in [-0.2, 0) is 16.2 Å². The van der Waals surface area contributed by atoms with E-state index < -0.39 is 0 Å². The Balaban J connectivity index is 1.81. The second kappa shape index (κ2) is 8.62. The highest BCUT2D eigenvalue weighted by Crippen LogP contribution is 2.39. The summed E-state index contributed by atoms with van der Waals surface area (Å²) < 4.78 is 2.12. The third-order valence-electron chi connectivity index (χ3n) is 6.85. The highest BCUT2D eigenvalue weighted by molar-refractivity contribution is 6.11. The second-order valence-corrected chi connectivity index (χ2v) is 13.2. The number of phenolic OH excluding ortho intramolecular Hbond substituents is 1. The van der Waals surface area contributed by atoms with Gasteiger partial charge in [-0.1, -0.05) is 80.5 Å². The fraction of sp³-hybridized carbons (Fsp3) is 0.375. The summed E-state index contributed by atoms with van der Waals surface area (Å²) in [6, 6.07) is 16.3. The second-order valence-electron chi connectivity index (χ2n) is 13.2. The van der Waals surface area contributed by atoms with Gasteiger partial charge in [0.2, 0.25) is 0 Å². The van der Waals surface area contributed by atoms with E-state index in [1.807, 2.05) is 30.5 Å². The summed E-state index contributed by atoms with van der Waals surface area (Å²) in [6.07, 6.45) is 1.86. The fourth-order valence-electron chi connectivity index (χ4n) is 4.60. The van der Waals surface area contributed by atoms with Crippen molar-refractivity contribution in [2.75, 3.05) is 0 Å². The van der Waals surface area contributed by atoms with Gasteiger partial charge in [0.25, 0.3) is 0 Å². The zero-order chi connectivity index (χ0) is 27.6. The van der Waals surface area contributed by atoms with Gasteiger partial charge in [0.05, 0.1) is 16.6 Å². The van der Waals surface area contributed by atoms with Gasteiger partial charge in [-0.3, -0.25) is 4.57 Å². The highest BCUT2D eigenvalue weighted by atomic mass is 16.3. The molecule has 5 aromatic rings. The van der Waals surface area contributed by atoms with Crippen LogP contribution >= 0.6 is 0 Å². The molecular formula is C32H37N5O. The van der Waals surface area contributed by atoms with Gasteiger partial charge in [-0.25, -0.2) is 19.9 Å². The summed E-state index contributed by atoms with van der Waals surface area (Å²) in [4.78, 5) is 19.2. The van der Waals surface area contributed by atoms with Crippen molar-refractivity contribution < 1.29 is 5.11 Å². The lowest BCUT2D eigenvalue weighted by atomic mass is 9.88. The molecule has 0 fully saturated rings. The summed E-state index contributed by atoms with van der Waals surface area (Å²) >= 11 is 0. The number of fused-ring (bicyclic) bond motifs is 3. The number of rotatable bonds is 2. The van der Waals surface area contributed by atoms with Gasteiger partial charge in [-0.05, 0) is 35.2 Å². The van der Waals surface area contributed by atoms with Crippen molar-refractivity contribution in [3.05, 3.63) is 71.9 Å². The molecule has 0 saturated heterocycles. The molecule has 0 saturated carbocycles. The van der Waals surface area contributed by atoms with E-state index in [9.17, 15) is 5.11 Å². The van der Waals surface area contributed by atoms with Crippen molar-refractivity contribution in [3.63, 3.8) is 0 Å². The molecule has 0 atom stereocenters. The van der Waals surface area contributed by atoms with E-state index >= 15 is 0 Å². The normalized spacial score (nSPS) is 13.0. The Labute approximate surface area is 224 Å². The van der Waals surface area contributed by atoms with E-state index in [-0.39, 0.29) is 22.0 Å². The molecule has 0 bridgehead atoms. The number of hydrogen-bond acceptors (Lipinski definition) is 5. The maximum absolute atomic E-state index is 11.4. The van der Waals surface area contributed by atoms with Gasteiger partial charge >= 0.3 is 0 Å². The van der Waals surface area contributed by atoms with E-state index in [1.165, 1.54) is 5.56 Å². The average molecular weight is 508 g/mol. The quantitative estimate of drug-likeness (QED) is 0.266. The average Bonchev–Trinajstić information content (AvgIpc) is 3.14. The highest BCUT2D eigenvalue weighted by Gasteiger charge is 2.27. The SMILES string of the molecule is CC(C)(C)c1ccnc(-n2c3ccccc3c3cc(-c4nc(C(C)(C)C)nc(C(C)(C)C)n4)c(O)cc32)c1. The van der Waals surface area contributed by atoms with Crippen LogP contribution in [0.3, 0.4) is 0 Å². The van der Waals surface area contributed by atoms with Crippen LogP contribution in [0.1, 0.15) is 79.5 Å². The molecule has 3 aromatic heterocycles. The van der Waals surface area contributed by atoms with Gasteiger partial charge in [0.15, 0.2) is 5.82 Å². The summed E-state index contributed by atoms with van der Waals surface area (Å²) in [6.45, 7) is 19.1. The van der Waals surface area contributed by atoms with E-state index in [2.05, 4.69) is 91.1 Å². The molecule has 0 unspecified atom stereocenters. The minimum atomic E-state index is -0.267. The zero-order valence-electron chi connectivity index (χ0n) is 23.9. The Hall–Kier alpha value is -3.80. The third-order valence-corrected chi connectivity index (χ3v) is 6.85. The van der Waals surface area contributed by atoms with Crippen LogP contribution in [0, 0.1) is 0 Å². The topological polar surface area (TPSA) is 76.7 Å². The van der Waals surface area contributed by atoms with Gasteiger partial charge < -0.3 is 5.11 Å². The number of benzene rings is 2. The van der Waals surface area contributed by atoms with E-state index in [0.29, 0.717) is 23.0 Å². The van der Waals surface area contributed by atoms with Crippen LogP contribution in [0.15, 0.2) is 54.7 Å². The van der Waals surface area contributed by atoms with Crippen LogP contribution in [-0.4, -0.2) is 29.6 Å². The molecule has 0 aliphatic carbocycles. The van der Waals surface area contributed by atoms with Crippen molar-refractivity contribution in [1.29, 1.82) is 0 Å². The molecule has 0 aliphatic rings. The molecule has 0 radical (unpaired) electrons. The zero-order valence-corrected chi connectivity index (χ0v) is 23.9. The molecule has 5 rings (SSSR count). The molecule has 0 aliphatic heterocycles. The Kier molecular flexibility index (Phi) is 5.86. The Morgan fingerprint density at radius 3 is 1.89 bits per heavy atom. The fourth-order valence-corrected chi connectivity index (χ4v) is 4.60. The summed E-state index contributed by atoms with van der Waals surface area (Å²) in [5.74, 6) is 2.84. The molecule has 1 N–H and O–H groups in total. The van der Waals surface area contributed by atoms with Crippen molar-refractivity contribution in [2.24, 2.45) is 0 Å². The maximum atomic E-state index is 11.4. The number of phenols is 1. The number of aromatic hydroxyl groups is 1. The lowest BCUT2D eigenvalue weighted by Crippen LogP contribution is -2.24. The standard InChI is InChI=1S/C32H37N5O/c1-30(2,3)19-14-15-33-26(16-19)37-23-13-11-10-12-20(23)21-17-22(25(38)18-24(21)37)27-34-28(31(4,5)6)36-29(35-27)32(7,8)9/h10-18,38H,1-9H3. The largest absolute Gasteiger partial charge is 0.507 e. The number of nitrogens with zero attached hydrogens (tertiary/aromatic N) is 5. The van der Waals surface area contributed by atoms with Gasteiger partial charge in [-0.15, -0.1) is 0 Å². The van der Waals surface area contributed by atoms with Crippen LogP contribution in [0.5, 0.6) is 5.75 Å². The first-order valence-electron chi connectivity index (χ1n) is 13.1. The van der Waals surface area contributed by atoms with E-state index in [1.54, 1.807) is 0 Å². The van der Waals surface area contributed by atoms with E-state index in [4.69, 9.17) is 19.9 Å². The lowest BCUT2D eigenvalue weighted by molar-refractivity contribution is 0.475. The van der Waals surface area contributed by atoms with Crippen molar-refractivity contribution in [2.45, 2.75) is 78.6 Å². The van der Waals surface area contributed by atoms with Gasteiger partial charge in [0.1, 0.15) is 23.2 Å². The molecule has 38 heavy (non-hydrogen) atoms. The Morgan fingerprint density at radius 2 is 1.29 bits per heavy atom. The Morgan fingerprint density at radius 1 is 0.658 bits per heavy atom. The van der Waals surface area contributed by atoms with Gasteiger partial charge in [-0.2, -0.15) is 0 Å². The molecule has 6 heteroatoms. The minimum Gasteiger partial charge on any atom is -0.507 e. The van der Waals surface area contributed by atoms with Crippen molar-refractivity contribution in [3.8, 4) is 23.0 Å². The molecule has 196 valence electrons. The van der Waals surface area contributed by atoms with Gasteiger partial charge in [0, 0.05) is 33.9 Å². The first-order chi connectivity index (χ1) is 17.6. The van der Waals surface area contributed by atoms with Crippen molar-refractivity contribution >= 4 is 21.8 Å². The monoisotopic (exact) mass is 507 g/mol. The lowest BCUT2D eigenvalue weighted by Gasteiger charge is -2.23. The molecule has 2 aromatic carbocycles. The predicted molar refractivity (Wildman–Crippen MR) is 155 cm³/mol. The minimum absolute atomic E-state index is 0.0139. The number of hydrogen-bond donors (Lipinski definition) is 1. The number of pyridine rings is 1. The van der Waals surface area contributed by atoms with Crippen LogP contribution in [0.25, 0.3) is 39.0 Å². The summed E-state index contributed by atoms with van der Waals surface area (Å²) in [5.41, 5.74) is 3.15. The number of aromatic nitrogens is 5. The maximum Gasteiger partial charge on any atom is 0.167 e. The first-order valence-corrected chi connectivity index (χ1v) is 13.1. The molecule has 6 nitrogen and oxygen atoms in total. The third kappa shape index (κ3) is 4.53. The predicted octanol–water partition coefficient (Wildman–Crippen LogP) is 7.63. The van der Waals surface area contributed by atoms with Crippen LogP contribution in [0.2, 0.25) is 0 Å². The smallest absolute Gasteiger partial charge is 0.167 e. The molecule has 0 spiro atoms. The Bertz CT molecular complexity index is 1650.